The molecule has 3 aromatic carbocycles. The summed E-state index contributed by atoms with van der Waals surface area (Å²) in [6.07, 6.45) is 1.67. The van der Waals surface area contributed by atoms with Gasteiger partial charge in [-0.1, -0.05) is 42.5 Å². The van der Waals surface area contributed by atoms with Crippen LogP contribution in [-0.2, 0) is 16.1 Å². The lowest BCUT2D eigenvalue weighted by Gasteiger charge is -2.25. The number of rotatable bonds is 7. The molecular weight excluding hydrogens is 468 g/mol. The summed E-state index contributed by atoms with van der Waals surface area (Å²) in [7, 11) is 1.59. The number of fused-ring (bicyclic) bond motifs is 1. The first-order valence-electron chi connectivity index (χ1n) is 12.1. The van der Waals surface area contributed by atoms with Crippen LogP contribution in [0.1, 0.15) is 36.6 Å². The maximum Gasteiger partial charge on any atom is 0.295 e. The number of carbonyl (C=O) groups excluding carboxylic acids is 2. The van der Waals surface area contributed by atoms with Gasteiger partial charge < -0.3 is 24.5 Å². The van der Waals surface area contributed by atoms with Crippen molar-refractivity contribution in [2.24, 2.45) is 0 Å². The molecule has 1 fully saturated rings. The van der Waals surface area contributed by atoms with E-state index in [0.29, 0.717) is 22.6 Å². The summed E-state index contributed by atoms with van der Waals surface area (Å²) in [6.45, 7) is 4.08. The minimum absolute atomic E-state index is 0.00781. The van der Waals surface area contributed by atoms with Gasteiger partial charge in [-0.05, 0) is 55.3 Å². The van der Waals surface area contributed by atoms with Crippen LogP contribution in [0, 0.1) is 0 Å². The summed E-state index contributed by atoms with van der Waals surface area (Å²) >= 11 is 0. The molecule has 1 unspecified atom stereocenters. The Morgan fingerprint density at radius 2 is 1.65 bits per heavy atom. The number of hydrogen-bond donors (Lipinski definition) is 2. The predicted molar refractivity (Wildman–Crippen MR) is 141 cm³/mol. The Hall–Kier alpha value is -4.52. The van der Waals surface area contributed by atoms with Gasteiger partial charge in [-0.2, -0.15) is 0 Å². The topological polar surface area (TPSA) is 91.9 Å². The number of hydrogen-bond acceptors (Lipinski definition) is 5. The van der Waals surface area contributed by atoms with Gasteiger partial charge in [0.1, 0.15) is 17.3 Å². The fraction of sp³-hybridized carbons (Fsp3) is 0.200. The van der Waals surface area contributed by atoms with Crippen LogP contribution >= 0.6 is 0 Å². The molecule has 4 aromatic rings. The molecule has 0 bridgehead atoms. The number of aliphatic hydroxyl groups excluding tert-OH is 1. The van der Waals surface area contributed by atoms with Crippen molar-refractivity contribution >= 4 is 28.4 Å². The Bertz CT molecular complexity index is 1480. The number of aliphatic hydroxyl groups is 1. The zero-order chi connectivity index (χ0) is 26.1. The van der Waals surface area contributed by atoms with Crippen LogP contribution in [0.25, 0.3) is 16.7 Å². The van der Waals surface area contributed by atoms with Gasteiger partial charge in [-0.3, -0.25) is 9.59 Å². The molecule has 0 spiro atoms. The van der Waals surface area contributed by atoms with Crippen LogP contribution in [0.5, 0.6) is 11.5 Å². The third-order valence-electron chi connectivity index (χ3n) is 6.46. The second-order valence-corrected chi connectivity index (χ2v) is 9.26. The van der Waals surface area contributed by atoms with Crippen molar-refractivity contribution in [1.82, 2.24) is 9.88 Å². The lowest BCUT2D eigenvalue weighted by Crippen LogP contribution is -2.29. The third-order valence-corrected chi connectivity index (χ3v) is 6.46. The van der Waals surface area contributed by atoms with Gasteiger partial charge in [-0.25, -0.2) is 0 Å². The first kappa shape index (κ1) is 24.2. The quantitative estimate of drug-likeness (QED) is 0.198. The number of amides is 1. The molecule has 2 N–H and O–H groups in total. The van der Waals surface area contributed by atoms with Crippen LogP contribution in [0.4, 0.5) is 0 Å². The summed E-state index contributed by atoms with van der Waals surface area (Å²) in [6, 6.07) is 21.3. The van der Waals surface area contributed by atoms with E-state index >= 15 is 0 Å². The largest absolute Gasteiger partial charge is 0.507 e. The highest BCUT2D eigenvalue weighted by atomic mass is 16.5. The molecular formula is C30H28N2O5. The molecule has 1 saturated heterocycles. The molecule has 0 aliphatic carbocycles. The van der Waals surface area contributed by atoms with E-state index in [9.17, 15) is 14.7 Å². The number of methoxy groups -OCH3 is 1. The molecule has 1 atom stereocenters. The maximum atomic E-state index is 13.4. The number of aromatic amines is 1. The van der Waals surface area contributed by atoms with Crippen LogP contribution in [0.15, 0.2) is 84.6 Å². The number of ketones is 1. The van der Waals surface area contributed by atoms with E-state index in [4.69, 9.17) is 9.47 Å². The molecule has 2 heterocycles. The van der Waals surface area contributed by atoms with Crippen molar-refractivity contribution in [2.75, 3.05) is 7.11 Å². The molecule has 5 rings (SSSR count). The first-order chi connectivity index (χ1) is 17.9. The summed E-state index contributed by atoms with van der Waals surface area (Å²) < 4.78 is 11.0. The SMILES string of the molecule is COc1ccc(CN2C(=O)C(=O)/C(=C(\O)c3c[nH]c4ccccc34)C2c2ccc(OC(C)C)cc2)cc1. The fourth-order valence-electron chi connectivity index (χ4n) is 4.73. The van der Waals surface area contributed by atoms with E-state index in [2.05, 4.69) is 4.98 Å². The van der Waals surface area contributed by atoms with Gasteiger partial charge >= 0.3 is 0 Å². The van der Waals surface area contributed by atoms with Crippen LogP contribution in [0.3, 0.4) is 0 Å². The standard InChI is InChI=1S/C30H28N2O5/c1-18(2)37-22-14-10-20(11-15-22)27-26(28(33)24-16-31-25-7-5-4-6-23(24)25)29(34)30(35)32(27)17-19-8-12-21(36-3)13-9-19/h4-16,18,27,31,33H,17H2,1-3H3/b28-26-. The molecule has 1 aromatic heterocycles. The molecule has 7 heteroatoms. The van der Waals surface area contributed by atoms with E-state index in [-0.39, 0.29) is 24.0 Å². The van der Waals surface area contributed by atoms with Crippen LogP contribution in [0.2, 0.25) is 0 Å². The molecule has 1 aliphatic rings. The van der Waals surface area contributed by atoms with Gasteiger partial charge in [0.2, 0.25) is 0 Å². The Balaban J connectivity index is 1.62. The molecule has 188 valence electrons. The number of ether oxygens (including phenoxy) is 2. The van der Waals surface area contributed by atoms with E-state index in [1.807, 2.05) is 86.6 Å². The Labute approximate surface area is 214 Å². The summed E-state index contributed by atoms with van der Waals surface area (Å²) in [4.78, 5) is 31.4. The number of nitrogens with zero attached hydrogens (tertiary/aromatic N) is 1. The minimum atomic E-state index is -0.774. The second kappa shape index (κ2) is 9.85. The number of para-hydroxylation sites is 1. The summed E-state index contributed by atoms with van der Waals surface area (Å²) in [5.41, 5.74) is 2.89. The van der Waals surface area contributed by atoms with Crippen molar-refractivity contribution in [3.63, 3.8) is 0 Å². The van der Waals surface area contributed by atoms with Gasteiger partial charge in [-0.15, -0.1) is 0 Å². The van der Waals surface area contributed by atoms with Crippen LogP contribution in [-0.4, -0.2) is 39.9 Å². The number of benzene rings is 3. The molecule has 0 radical (unpaired) electrons. The monoisotopic (exact) mass is 496 g/mol. The lowest BCUT2D eigenvalue weighted by atomic mass is 9.95. The zero-order valence-electron chi connectivity index (χ0n) is 20.9. The summed E-state index contributed by atoms with van der Waals surface area (Å²) in [5.74, 6) is -0.209. The van der Waals surface area contributed by atoms with Crippen molar-refractivity contribution in [3.05, 3.63) is 101 Å². The van der Waals surface area contributed by atoms with Gasteiger partial charge in [0.25, 0.3) is 11.7 Å². The van der Waals surface area contributed by atoms with Gasteiger partial charge in [0.15, 0.2) is 0 Å². The number of H-pyrrole nitrogens is 1. The van der Waals surface area contributed by atoms with Crippen molar-refractivity contribution in [2.45, 2.75) is 32.5 Å². The maximum absolute atomic E-state index is 13.4. The molecule has 37 heavy (non-hydrogen) atoms. The average molecular weight is 497 g/mol. The lowest BCUT2D eigenvalue weighted by molar-refractivity contribution is -0.140. The van der Waals surface area contributed by atoms with Crippen molar-refractivity contribution in [3.8, 4) is 11.5 Å². The Morgan fingerprint density at radius 3 is 2.32 bits per heavy atom. The number of likely N-dealkylation sites (tertiary alicyclic amines) is 1. The van der Waals surface area contributed by atoms with Gasteiger partial charge in [0.05, 0.1) is 24.8 Å². The van der Waals surface area contributed by atoms with E-state index < -0.39 is 17.7 Å². The summed E-state index contributed by atoms with van der Waals surface area (Å²) in [5, 5.41) is 12.2. The van der Waals surface area contributed by atoms with Gasteiger partial charge in [0, 0.05) is 29.2 Å². The minimum Gasteiger partial charge on any atom is -0.507 e. The first-order valence-corrected chi connectivity index (χ1v) is 12.1. The highest BCUT2D eigenvalue weighted by Crippen LogP contribution is 2.41. The van der Waals surface area contributed by atoms with E-state index in [1.54, 1.807) is 13.3 Å². The highest BCUT2D eigenvalue weighted by molar-refractivity contribution is 6.46. The molecule has 7 nitrogen and oxygen atoms in total. The number of aromatic nitrogens is 1. The third kappa shape index (κ3) is 4.56. The number of carbonyl (C=O) groups is 2. The zero-order valence-corrected chi connectivity index (χ0v) is 20.9. The molecule has 1 amide bonds. The highest BCUT2D eigenvalue weighted by Gasteiger charge is 2.46. The van der Waals surface area contributed by atoms with Crippen molar-refractivity contribution < 1.29 is 24.2 Å². The normalized spacial score (nSPS) is 17.1. The smallest absolute Gasteiger partial charge is 0.295 e. The van der Waals surface area contributed by atoms with E-state index in [0.717, 1.165) is 16.5 Å². The van der Waals surface area contributed by atoms with E-state index in [1.165, 1.54) is 4.90 Å². The average Bonchev–Trinajstić information content (AvgIpc) is 3.44. The fourth-order valence-corrected chi connectivity index (χ4v) is 4.73. The second-order valence-electron chi connectivity index (χ2n) is 9.26. The molecule has 0 saturated carbocycles. The Kier molecular flexibility index (Phi) is 6.44. The van der Waals surface area contributed by atoms with Crippen molar-refractivity contribution in [1.29, 1.82) is 0 Å². The predicted octanol–water partition coefficient (Wildman–Crippen LogP) is 5.59. The number of Topliss-reactive ketones (excluding diaryl/α,β-unsaturated/α-hetero) is 1. The van der Waals surface area contributed by atoms with Crippen LogP contribution < -0.4 is 9.47 Å². The Morgan fingerprint density at radius 1 is 0.973 bits per heavy atom. The molecule has 1 aliphatic heterocycles. The number of nitrogens with one attached hydrogen (secondary N) is 1.